The SMILES string of the molecule is CN1CCOC(CNc2cncc(NN)n2)C1. The Hall–Kier alpha value is -1.44. The zero-order valence-electron chi connectivity index (χ0n) is 9.89. The number of likely N-dealkylation sites (N-methyl/N-ethyl adjacent to an activating group) is 1. The number of nitrogen functional groups attached to an aromatic ring is 1. The van der Waals surface area contributed by atoms with E-state index in [1.165, 1.54) is 0 Å². The molecule has 0 amide bonds. The Morgan fingerprint density at radius 2 is 2.35 bits per heavy atom. The van der Waals surface area contributed by atoms with E-state index in [-0.39, 0.29) is 6.10 Å². The van der Waals surface area contributed by atoms with Gasteiger partial charge in [0.15, 0.2) is 5.82 Å². The number of nitrogens with zero attached hydrogens (tertiary/aromatic N) is 3. The second-order valence-electron chi connectivity index (χ2n) is 4.07. The van der Waals surface area contributed by atoms with Gasteiger partial charge in [-0.15, -0.1) is 0 Å². The quantitative estimate of drug-likeness (QED) is 0.481. The summed E-state index contributed by atoms with van der Waals surface area (Å²) in [6, 6.07) is 0. The summed E-state index contributed by atoms with van der Waals surface area (Å²) in [5.41, 5.74) is 2.46. The highest BCUT2D eigenvalue weighted by molar-refractivity contribution is 5.40. The molecule has 0 radical (unpaired) electrons. The third-order valence-corrected chi connectivity index (χ3v) is 2.64. The minimum atomic E-state index is 0.185. The lowest BCUT2D eigenvalue weighted by molar-refractivity contribution is -0.0117. The van der Waals surface area contributed by atoms with Gasteiger partial charge >= 0.3 is 0 Å². The van der Waals surface area contributed by atoms with Crippen molar-refractivity contribution in [3.8, 4) is 0 Å². The number of ether oxygens (including phenoxy) is 1. The predicted molar refractivity (Wildman–Crippen MR) is 65.6 cm³/mol. The first-order chi connectivity index (χ1) is 8.28. The Kier molecular flexibility index (Phi) is 4.08. The van der Waals surface area contributed by atoms with Crippen molar-refractivity contribution < 1.29 is 4.74 Å². The molecule has 4 N–H and O–H groups in total. The van der Waals surface area contributed by atoms with Crippen molar-refractivity contribution in [3.05, 3.63) is 12.4 Å². The van der Waals surface area contributed by atoms with Crippen LogP contribution in [0.25, 0.3) is 0 Å². The van der Waals surface area contributed by atoms with Crippen LogP contribution in [0, 0.1) is 0 Å². The van der Waals surface area contributed by atoms with Crippen molar-refractivity contribution in [3.63, 3.8) is 0 Å². The number of rotatable bonds is 4. The van der Waals surface area contributed by atoms with E-state index >= 15 is 0 Å². The highest BCUT2D eigenvalue weighted by Crippen LogP contribution is 2.07. The third-order valence-electron chi connectivity index (χ3n) is 2.64. The van der Waals surface area contributed by atoms with E-state index in [9.17, 15) is 0 Å². The normalized spacial score (nSPS) is 21.2. The molecule has 7 nitrogen and oxygen atoms in total. The maximum Gasteiger partial charge on any atom is 0.160 e. The summed E-state index contributed by atoms with van der Waals surface area (Å²) in [7, 11) is 2.09. The standard InChI is InChI=1S/C10H18N6O/c1-16-2-3-17-8(7-16)4-13-9-5-12-6-10(14-9)15-11/h5-6,8H,2-4,7,11H2,1H3,(H2,13,14,15). The molecule has 1 aromatic heterocycles. The van der Waals surface area contributed by atoms with Crippen molar-refractivity contribution in [1.82, 2.24) is 14.9 Å². The van der Waals surface area contributed by atoms with Gasteiger partial charge in [0.05, 0.1) is 25.1 Å². The predicted octanol–water partition coefficient (Wildman–Crippen LogP) is -0.495. The van der Waals surface area contributed by atoms with Gasteiger partial charge in [0.1, 0.15) is 5.82 Å². The molecule has 1 aromatic rings. The van der Waals surface area contributed by atoms with Gasteiger partial charge in [-0.2, -0.15) is 0 Å². The number of anilines is 2. The van der Waals surface area contributed by atoms with Crippen LogP contribution in [0.2, 0.25) is 0 Å². The fraction of sp³-hybridized carbons (Fsp3) is 0.600. The summed E-state index contributed by atoms with van der Waals surface area (Å²) in [6.07, 6.45) is 3.41. The molecule has 7 heteroatoms. The molecule has 1 saturated heterocycles. The minimum Gasteiger partial charge on any atom is -0.374 e. The summed E-state index contributed by atoms with van der Waals surface area (Å²) in [6.45, 7) is 3.41. The molecular weight excluding hydrogens is 220 g/mol. The van der Waals surface area contributed by atoms with Crippen molar-refractivity contribution in [1.29, 1.82) is 0 Å². The Balaban J connectivity index is 1.84. The maximum absolute atomic E-state index is 5.63. The number of aromatic nitrogens is 2. The van der Waals surface area contributed by atoms with Crippen LogP contribution in [0.3, 0.4) is 0 Å². The Morgan fingerprint density at radius 1 is 1.53 bits per heavy atom. The van der Waals surface area contributed by atoms with Crippen LogP contribution in [-0.4, -0.2) is 54.3 Å². The molecule has 0 saturated carbocycles. The lowest BCUT2D eigenvalue weighted by Gasteiger charge is -2.30. The largest absolute Gasteiger partial charge is 0.374 e. The molecule has 1 atom stereocenters. The number of hydrogen-bond donors (Lipinski definition) is 3. The first-order valence-electron chi connectivity index (χ1n) is 5.60. The first kappa shape index (κ1) is 12.0. The highest BCUT2D eigenvalue weighted by Gasteiger charge is 2.17. The summed E-state index contributed by atoms with van der Waals surface area (Å²) < 4.78 is 5.63. The van der Waals surface area contributed by atoms with Gasteiger partial charge in [0.25, 0.3) is 0 Å². The van der Waals surface area contributed by atoms with E-state index in [4.69, 9.17) is 10.6 Å². The lowest BCUT2D eigenvalue weighted by Crippen LogP contribution is -2.43. The van der Waals surface area contributed by atoms with Crippen LogP contribution < -0.4 is 16.6 Å². The molecule has 17 heavy (non-hydrogen) atoms. The van der Waals surface area contributed by atoms with Crippen molar-refractivity contribution >= 4 is 11.6 Å². The van der Waals surface area contributed by atoms with Crippen molar-refractivity contribution in [2.45, 2.75) is 6.10 Å². The fourth-order valence-electron chi connectivity index (χ4n) is 1.73. The van der Waals surface area contributed by atoms with Crippen molar-refractivity contribution in [2.24, 2.45) is 5.84 Å². The number of nitrogens with one attached hydrogen (secondary N) is 2. The van der Waals surface area contributed by atoms with Gasteiger partial charge in [0.2, 0.25) is 0 Å². The van der Waals surface area contributed by atoms with Crippen LogP contribution in [0.4, 0.5) is 11.6 Å². The number of hydrogen-bond acceptors (Lipinski definition) is 7. The topological polar surface area (TPSA) is 88.3 Å². The average Bonchev–Trinajstić information content (AvgIpc) is 2.37. The zero-order valence-corrected chi connectivity index (χ0v) is 9.89. The molecule has 94 valence electrons. The fourth-order valence-corrected chi connectivity index (χ4v) is 1.73. The molecular formula is C10H18N6O. The maximum atomic E-state index is 5.63. The molecule has 2 heterocycles. The van der Waals surface area contributed by atoms with Crippen LogP contribution in [-0.2, 0) is 4.74 Å². The van der Waals surface area contributed by atoms with Gasteiger partial charge in [-0.25, -0.2) is 10.8 Å². The third kappa shape index (κ3) is 3.52. The molecule has 0 bridgehead atoms. The lowest BCUT2D eigenvalue weighted by atomic mass is 10.3. The Bertz CT molecular complexity index is 360. The smallest absolute Gasteiger partial charge is 0.160 e. The molecule has 1 fully saturated rings. The number of nitrogens with two attached hydrogens (primary N) is 1. The molecule has 1 aliphatic heterocycles. The van der Waals surface area contributed by atoms with Gasteiger partial charge in [-0.05, 0) is 7.05 Å². The van der Waals surface area contributed by atoms with E-state index < -0.39 is 0 Å². The number of morpholine rings is 1. The molecule has 0 aliphatic carbocycles. The molecule has 1 aliphatic rings. The minimum absolute atomic E-state index is 0.185. The van der Waals surface area contributed by atoms with Crippen LogP contribution in [0.1, 0.15) is 0 Å². The van der Waals surface area contributed by atoms with Gasteiger partial charge in [-0.3, -0.25) is 4.98 Å². The summed E-state index contributed by atoms with van der Waals surface area (Å²) >= 11 is 0. The summed E-state index contributed by atoms with van der Waals surface area (Å²) in [5, 5.41) is 3.19. The Morgan fingerprint density at radius 3 is 3.12 bits per heavy atom. The molecule has 0 spiro atoms. The second-order valence-corrected chi connectivity index (χ2v) is 4.07. The molecule has 0 aromatic carbocycles. The zero-order chi connectivity index (χ0) is 12.1. The van der Waals surface area contributed by atoms with E-state index in [1.54, 1.807) is 12.4 Å². The Labute approximate surface area is 100 Å². The first-order valence-corrected chi connectivity index (χ1v) is 5.60. The number of hydrazine groups is 1. The monoisotopic (exact) mass is 238 g/mol. The van der Waals surface area contributed by atoms with Crippen molar-refractivity contribution in [2.75, 3.05) is 44.0 Å². The van der Waals surface area contributed by atoms with E-state index in [1.807, 2.05) is 0 Å². The summed E-state index contributed by atoms with van der Waals surface area (Å²) in [5.74, 6) is 6.49. The van der Waals surface area contributed by atoms with Crippen LogP contribution in [0.5, 0.6) is 0 Å². The summed E-state index contributed by atoms with van der Waals surface area (Å²) in [4.78, 5) is 10.5. The van der Waals surface area contributed by atoms with Gasteiger partial charge in [0, 0.05) is 19.6 Å². The van der Waals surface area contributed by atoms with Gasteiger partial charge < -0.3 is 20.4 Å². The van der Waals surface area contributed by atoms with Crippen LogP contribution in [0.15, 0.2) is 12.4 Å². The molecule has 1 unspecified atom stereocenters. The highest BCUT2D eigenvalue weighted by atomic mass is 16.5. The van der Waals surface area contributed by atoms with Gasteiger partial charge in [-0.1, -0.05) is 0 Å². The van der Waals surface area contributed by atoms with E-state index in [0.29, 0.717) is 18.2 Å². The van der Waals surface area contributed by atoms with Crippen LogP contribution >= 0.6 is 0 Å². The average molecular weight is 238 g/mol. The molecule has 2 rings (SSSR count). The second kappa shape index (κ2) is 5.76. The van der Waals surface area contributed by atoms with E-state index in [2.05, 4.69) is 32.7 Å². The van der Waals surface area contributed by atoms with E-state index in [0.717, 1.165) is 19.7 Å².